The lowest BCUT2D eigenvalue weighted by Crippen LogP contribution is -2.12. The number of fused-ring (bicyclic) bond motifs is 1. The van der Waals surface area contributed by atoms with Gasteiger partial charge in [0, 0.05) is 17.8 Å². The van der Waals surface area contributed by atoms with Crippen LogP contribution >= 0.6 is 0 Å². The molecule has 3 heteroatoms. The zero-order chi connectivity index (χ0) is 11.5. The van der Waals surface area contributed by atoms with Crippen molar-refractivity contribution >= 4 is 5.82 Å². The van der Waals surface area contributed by atoms with Crippen LogP contribution in [0.4, 0.5) is 5.82 Å². The Kier molecular flexibility index (Phi) is 3.25. The molecule has 0 aliphatic heterocycles. The minimum atomic E-state index is 1.04. The first kappa shape index (κ1) is 11.0. The van der Waals surface area contributed by atoms with E-state index in [9.17, 15) is 0 Å². The smallest absolute Gasteiger partial charge is 0.132 e. The van der Waals surface area contributed by atoms with Crippen molar-refractivity contribution in [1.29, 1.82) is 0 Å². The van der Waals surface area contributed by atoms with Gasteiger partial charge in [0.25, 0.3) is 0 Å². The summed E-state index contributed by atoms with van der Waals surface area (Å²) in [5.74, 6) is 2.14. The summed E-state index contributed by atoms with van der Waals surface area (Å²) in [6.07, 6.45) is 12.2. The number of nitrogens with zero attached hydrogens (tertiary/aromatic N) is 2. The van der Waals surface area contributed by atoms with Gasteiger partial charge in [0.2, 0.25) is 0 Å². The highest BCUT2D eigenvalue weighted by Gasteiger charge is 2.20. The summed E-state index contributed by atoms with van der Waals surface area (Å²) in [5.41, 5.74) is 2.65. The van der Waals surface area contributed by atoms with Crippen LogP contribution < -0.4 is 5.32 Å². The molecule has 1 N–H and O–H groups in total. The number of anilines is 1. The number of rotatable bonds is 5. The van der Waals surface area contributed by atoms with Crippen LogP contribution in [0.3, 0.4) is 0 Å². The summed E-state index contributed by atoms with van der Waals surface area (Å²) in [6, 6.07) is 0. The first-order valence-electron chi connectivity index (χ1n) is 7.00. The molecule has 0 aromatic carbocycles. The fourth-order valence-corrected chi connectivity index (χ4v) is 2.68. The summed E-state index contributed by atoms with van der Waals surface area (Å²) >= 11 is 0. The van der Waals surface area contributed by atoms with Gasteiger partial charge >= 0.3 is 0 Å². The SMILES string of the molecule is c1nc2c(c(NCCCC3CC3)n1)CCCC2. The third-order valence-electron chi connectivity index (χ3n) is 3.90. The molecular weight excluding hydrogens is 210 g/mol. The van der Waals surface area contributed by atoms with Gasteiger partial charge in [-0.05, 0) is 44.4 Å². The molecule has 92 valence electrons. The van der Waals surface area contributed by atoms with Gasteiger partial charge in [0.05, 0.1) is 0 Å². The topological polar surface area (TPSA) is 37.8 Å². The Hall–Kier alpha value is -1.12. The second-order valence-corrected chi connectivity index (χ2v) is 5.37. The molecule has 1 aromatic rings. The van der Waals surface area contributed by atoms with E-state index in [1.54, 1.807) is 6.33 Å². The van der Waals surface area contributed by atoms with Gasteiger partial charge in [-0.3, -0.25) is 0 Å². The molecule has 2 aliphatic carbocycles. The second-order valence-electron chi connectivity index (χ2n) is 5.37. The van der Waals surface area contributed by atoms with E-state index in [4.69, 9.17) is 0 Å². The van der Waals surface area contributed by atoms with Crippen molar-refractivity contribution in [2.75, 3.05) is 11.9 Å². The van der Waals surface area contributed by atoms with E-state index >= 15 is 0 Å². The monoisotopic (exact) mass is 231 g/mol. The van der Waals surface area contributed by atoms with Crippen molar-refractivity contribution in [3.63, 3.8) is 0 Å². The molecule has 1 saturated carbocycles. The summed E-state index contributed by atoms with van der Waals surface area (Å²) < 4.78 is 0. The van der Waals surface area contributed by atoms with Crippen molar-refractivity contribution in [1.82, 2.24) is 9.97 Å². The van der Waals surface area contributed by atoms with Crippen molar-refractivity contribution < 1.29 is 0 Å². The molecule has 2 aliphatic rings. The zero-order valence-electron chi connectivity index (χ0n) is 10.4. The number of hydrogen-bond donors (Lipinski definition) is 1. The first-order chi connectivity index (χ1) is 8.43. The lowest BCUT2D eigenvalue weighted by atomic mass is 9.96. The molecular formula is C14H21N3. The predicted octanol–water partition coefficient (Wildman–Crippen LogP) is 2.96. The summed E-state index contributed by atoms with van der Waals surface area (Å²) in [5, 5.41) is 3.50. The maximum Gasteiger partial charge on any atom is 0.132 e. The Bertz CT molecular complexity index is 385. The van der Waals surface area contributed by atoms with Crippen LogP contribution in [0.15, 0.2) is 6.33 Å². The lowest BCUT2D eigenvalue weighted by Gasteiger charge is -2.17. The number of nitrogens with one attached hydrogen (secondary N) is 1. The molecule has 1 aromatic heterocycles. The molecule has 0 spiro atoms. The summed E-state index contributed by atoms with van der Waals surface area (Å²) in [6.45, 7) is 1.07. The minimum absolute atomic E-state index is 1.04. The molecule has 0 atom stereocenters. The highest BCUT2D eigenvalue weighted by Crippen LogP contribution is 2.33. The molecule has 1 fully saturated rings. The van der Waals surface area contributed by atoms with Gasteiger partial charge in [-0.15, -0.1) is 0 Å². The fourth-order valence-electron chi connectivity index (χ4n) is 2.68. The largest absolute Gasteiger partial charge is 0.370 e. The standard InChI is InChI=1S/C14H21N3/c1-2-6-13-12(5-1)14(17-10-16-13)15-9-3-4-11-7-8-11/h10-11H,1-9H2,(H,15,16,17). The van der Waals surface area contributed by atoms with Crippen LogP contribution in [-0.2, 0) is 12.8 Å². The van der Waals surface area contributed by atoms with Gasteiger partial charge in [-0.25, -0.2) is 9.97 Å². The average molecular weight is 231 g/mol. The van der Waals surface area contributed by atoms with Crippen molar-refractivity contribution in [3.05, 3.63) is 17.6 Å². The van der Waals surface area contributed by atoms with E-state index in [1.807, 2.05) is 0 Å². The van der Waals surface area contributed by atoms with Gasteiger partial charge in [-0.1, -0.05) is 12.8 Å². The van der Waals surface area contributed by atoms with Crippen LogP contribution in [0.5, 0.6) is 0 Å². The molecule has 3 rings (SSSR count). The van der Waals surface area contributed by atoms with Gasteiger partial charge in [0.15, 0.2) is 0 Å². The highest BCUT2D eigenvalue weighted by molar-refractivity contribution is 5.46. The van der Waals surface area contributed by atoms with E-state index in [-0.39, 0.29) is 0 Å². The van der Waals surface area contributed by atoms with Crippen LogP contribution in [0.1, 0.15) is 49.8 Å². The van der Waals surface area contributed by atoms with Crippen LogP contribution in [0.25, 0.3) is 0 Å². The molecule has 3 nitrogen and oxygen atoms in total. The predicted molar refractivity (Wildman–Crippen MR) is 69.1 cm³/mol. The normalized spacial score (nSPS) is 18.8. The van der Waals surface area contributed by atoms with E-state index in [1.165, 1.54) is 49.8 Å². The lowest BCUT2D eigenvalue weighted by molar-refractivity contribution is 0.659. The highest BCUT2D eigenvalue weighted by atomic mass is 15.0. The van der Waals surface area contributed by atoms with Crippen molar-refractivity contribution in [2.45, 2.75) is 51.4 Å². The van der Waals surface area contributed by atoms with Crippen LogP contribution in [0, 0.1) is 5.92 Å². The van der Waals surface area contributed by atoms with Gasteiger partial charge in [0.1, 0.15) is 12.1 Å². The first-order valence-corrected chi connectivity index (χ1v) is 7.00. The average Bonchev–Trinajstić information content (AvgIpc) is 3.19. The summed E-state index contributed by atoms with van der Waals surface area (Å²) in [4.78, 5) is 8.80. The van der Waals surface area contributed by atoms with Crippen molar-refractivity contribution in [2.24, 2.45) is 5.92 Å². The molecule has 0 bridgehead atoms. The zero-order valence-corrected chi connectivity index (χ0v) is 10.4. The maximum absolute atomic E-state index is 4.40. The maximum atomic E-state index is 4.40. The number of aromatic nitrogens is 2. The summed E-state index contributed by atoms with van der Waals surface area (Å²) in [7, 11) is 0. The molecule has 1 heterocycles. The Morgan fingerprint density at radius 3 is 2.94 bits per heavy atom. The molecule has 0 saturated heterocycles. The number of hydrogen-bond acceptors (Lipinski definition) is 3. The van der Waals surface area contributed by atoms with E-state index in [0.717, 1.165) is 31.1 Å². The quantitative estimate of drug-likeness (QED) is 0.792. The van der Waals surface area contributed by atoms with E-state index < -0.39 is 0 Å². The molecule has 0 amide bonds. The fraction of sp³-hybridized carbons (Fsp3) is 0.714. The Balaban J connectivity index is 1.57. The molecule has 0 unspecified atom stereocenters. The third-order valence-corrected chi connectivity index (χ3v) is 3.90. The van der Waals surface area contributed by atoms with E-state index in [2.05, 4.69) is 15.3 Å². The van der Waals surface area contributed by atoms with Crippen molar-refractivity contribution in [3.8, 4) is 0 Å². The number of aryl methyl sites for hydroxylation is 1. The Labute approximate surface area is 103 Å². The Morgan fingerprint density at radius 2 is 2.06 bits per heavy atom. The third kappa shape index (κ3) is 2.76. The van der Waals surface area contributed by atoms with Gasteiger partial charge in [-0.2, -0.15) is 0 Å². The van der Waals surface area contributed by atoms with Crippen LogP contribution in [0.2, 0.25) is 0 Å². The minimum Gasteiger partial charge on any atom is -0.370 e. The Morgan fingerprint density at radius 1 is 1.18 bits per heavy atom. The van der Waals surface area contributed by atoms with E-state index in [0.29, 0.717) is 0 Å². The van der Waals surface area contributed by atoms with Crippen LogP contribution in [-0.4, -0.2) is 16.5 Å². The molecule has 17 heavy (non-hydrogen) atoms. The van der Waals surface area contributed by atoms with Gasteiger partial charge < -0.3 is 5.32 Å². The molecule has 0 radical (unpaired) electrons. The second kappa shape index (κ2) is 5.03.